The molecule has 2 aromatic carbocycles. The van der Waals surface area contributed by atoms with Gasteiger partial charge in [-0.3, -0.25) is 4.79 Å². The molecule has 3 aromatic rings. The summed E-state index contributed by atoms with van der Waals surface area (Å²) in [4.78, 5) is 27.0. The number of hydrogen-bond donors (Lipinski definition) is 1. The first-order valence-electron chi connectivity index (χ1n) is 8.83. The van der Waals surface area contributed by atoms with E-state index in [4.69, 9.17) is 4.74 Å². The molecule has 28 heavy (non-hydrogen) atoms. The first kappa shape index (κ1) is 20.2. The molecule has 0 saturated heterocycles. The predicted molar refractivity (Wildman–Crippen MR) is 116 cm³/mol. The highest BCUT2D eigenvalue weighted by molar-refractivity contribution is 7.99. The molecule has 0 aliphatic carbocycles. The van der Waals surface area contributed by atoms with Gasteiger partial charge in [0, 0.05) is 21.9 Å². The Bertz CT molecular complexity index is 950. The van der Waals surface area contributed by atoms with Gasteiger partial charge >= 0.3 is 5.97 Å². The first-order valence-corrected chi connectivity index (χ1v) is 10.6. The predicted octanol–water partition coefficient (Wildman–Crippen LogP) is 5.63. The van der Waals surface area contributed by atoms with Gasteiger partial charge in [-0.1, -0.05) is 48.0 Å². The molecule has 1 N–H and O–H groups in total. The zero-order valence-corrected chi connectivity index (χ0v) is 17.4. The maximum atomic E-state index is 12.4. The Morgan fingerprint density at radius 2 is 1.79 bits per heavy atom. The van der Waals surface area contributed by atoms with Crippen LogP contribution in [0.15, 0.2) is 65.6 Å². The lowest BCUT2D eigenvalue weighted by molar-refractivity contribution is -0.115. The fourth-order valence-electron chi connectivity index (χ4n) is 2.58. The highest BCUT2D eigenvalue weighted by Crippen LogP contribution is 2.35. The largest absolute Gasteiger partial charge is 0.465 e. The van der Waals surface area contributed by atoms with Crippen LogP contribution >= 0.6 is 23.1 Å². The number of carbonyl (C=O) groups is 2. The topological polar surface area (TPSA) is 55.4 Å². The van der Waals surface area contributed by atoms with Crippen molar-refractivity contribution in [2.45, 2.75) is 18.2 Å². The van der Waals surface area contributed by atoms with Crippen molar-refractivity contribution in [1.82, 2.24) is 0 Å². The molecular weight excluding hydrogens is 390 g/mol. The highest BCUT2D eigenvalue weighted by Gasteiger charge is 2.19. The van der Waals surface area contributed by atoms with Crippen molar-refractivity contribution in [3.8, 4) is 10.4 Å². The summed E-state index contributed by atoms with van der Waals surface area (Å²) < 4.78 is 4.87. The lowest BCUT2D eigenvalue weighted by atomic mass is 10.2. The van der Waals surface area contributed by atoms with E-state index in [0.29, 0.717) is 22.7 Å². The smallest absolute Gasteiger partial charge is 0.350 e. The second kappa shape index (κ2) is 9.57. The van der Waals surface area contributed by atoms with Crippen LogP contribution in [0.4, 0.5) is 5.69 Å². The van der Waals surface area contributed by atoms with Crippen LogP contribution < -0.4 is 5.32 Å². The highest BCUT2D eigenvalue weighted by atomic mass is 32.2. The van der Waals surface area contributed by atoms with Gasteiger partial charge in [0.2, 0.25) is 5.91 Å². The Labute approximate surface area is 172 Å². The minimum atomic E-state index is -0.448. The number of thiophene rings is 1. The number of ether oxygens (including phenoxy) is 1. The lowest BCUT2D eigenvalue weighted by Crippen LogP contribution is -2.14. The van der Waals surface area contributed by atoms with Crippen LogP contribution in [0, 0.1) is 6.92 Å². The van der Waals surface area contributed by atoms with Crippen LogP contribution in [0.5, 0.6) is 0 Å². The molecular formula is C22H21NO3S2. The van der Waals surface area contributed by atoms with E-state index in [-0.39, 0.29) is 5.91 Å². The molecule has 6 heteroatoms. The van der Waals surface area contributed by atoms with Crippen LogP contribution in [-0.4, -0.2) is 24.7 Å². The van der Waals surface area contributed by atoms with Gasteiger partial charge in [0.25, 0.3) is 0 Å². The summed E-state index contributed by atoms with van der Waals surface area (Å²) in [5, 5.41) is 2.87. The van der Waals surface area contributed by atoms with Gasteiger partial charge in [-0.25, -0.2) is 4.79 Å². The van der Waals surface area contributed by atoms with Crippen LogP contribution in [0.1, 0.15) is 21.7 Å². The number of aryl methyl sites for hydroxylation is 1. The molecule has 0 bridgehead atoms. The van der Waals surface area contributed by atoms with Crippen molar-refractivity contribution in [1.29, 1.82) is 0 Å². The molecule has 0 aliphatic rings. The van der Waals surface area contributed by atoms with Crippen molar-refractivity contribution in [2.75, 3.05) is 18.2 Å². The average molecular weight is 412 g/mol. The van der Waals surface area contributed by atoms with E-state index in [1.807, 2.05) is 43.3 Å². The van der Waals surface area contributed by atoms with Gasteiger partial charge in [-0.15, -0.1) is 23.1 Å². The van der Waals surface area contributed by atoms with E-state index in [1.54, 1.807) is 11.8 Å². The number of carbonyl (C=O) groups excluding carboxylic acids is 2. The van der Waals surface area contributed by atoms with Crippen LogP contribution in [0.2, 0.25) is 0 Å². The summed E-state index contributed by atoms with van der Waals surface area (Å²) in [6, 6.07) is 19.8. The average Bonchev–Trinajstić information content (AvgIpc) is 3.13. The van der Waals surface area contributed by atoms with E-state index < -0.39 is 5.97 Å². The molecule has 1 amide bonds. The molecule has 0 unspecified atom stereocenters. The number of benzene rings is 2. The molecule has 0 aliphatic heterocycles. The molecule has 3 rings (SSSR count). The number of hydrogen-bond acceptors (Lipinski definition) is 5. The Kier molecular flexibility index (Phi) is 6.90. The molecule has 4 nitrogen and oxygen atoms in total. The Hall–Kier alpha value is -2.57. The molecule has 0 spiro atoms. The summed E-state index contributed by atoms with van der Waals surface area (Å²) in [5.74, 6) is 0.0942. The summed E-state index contributed by atoms with van der Waals surface area (Å²) >= 11 is 2.95. The number of esters is 1. The third-order valence-corrected chi connectivity index (χ3v) is 6.23. The van der Waals surface area contributed by atoms with E-state index in [2.05, 4.69) is 29.6 Å². The Balaban J connectivity index is 1.66. The fraction of sp³-hybridized carbons (Fsp3) is 0.182. The third kappa shape index (κ3) is 5.24. The Morgan fingerprint density at radius 1 is 1.07 bits per heavy atom. The lowest BCUT2D eigenvalue weighted by Gasteiger charge is -2.06. The SMILES string of the molecule is COC(=O)c1sc(-c2ccccc2)cc1NC(=O)CCSc1ccc(C)cc1. The number of rotatable bonds is 7. The molecule has 1 heterocycles. The van der Waals surface area contributed by atoms with Crippen LogP contribution in [-0.2, 0) is 9.53 Å². The van der Waals surface area contributed by atoms with Crippen molar-refractivity contribution in [3.05, 3.63) is 71.1 Å². The fourth-order valence-corrected chi connectivity index (χ4v) is 4.47. The standard InChI is InChI=1S/C22H21NO3S2/c1-15-8-10-17(11-9-15)27-13-12-20(24)23-18-14-19(16-6-4-3-5-7-16)28-21(18)22(25)26-2/h3-11,14H,12-13H2,1-2H3,(H,23,24). The number of thioether (sulfide) groups is 1. The minimum Gasteiger partial charge on any atom is -0.465 e. The third-order valence-electron chi connectivity index (χ3n) is 4.05. The molecule has 0 saturated carbocycles. The monoisotopic (exact) mass is 411 g/mol. The van der Waals surface area contributed by atoms with Crippen LogP contribution in [0.25, 0.3) is 10.4 Å². The van der Waals surface area contributed by atoms with Gasteiger partial charge in [0.1, 0.15) is 4.88 Å². The first-order chi connectivity index (χ1) is 13.6. The maximum absolute atomic E-state index is 12.4. The maximum Gasteiger partial charge on any atom is 0.350 e. The van der Waals surface area contributed by atoms with Gasteiger partial charge < -0.3 is 10.1 Å². The summed E-state index contributed by atoms with van der Waals surface area (Å²) in [6.07, 6.45) is 0.357. The second-order valence-corrected chi connectivity index (χ2v) is 8.39. The quantitative estimate of drug-likeness (QED) is 0.404. The zero-order chi connectivity index (χ0) is 19.9. The van der Waals surface area contributed by atoms with Crippen molar-refractivity contribution in [2.24, 2.45) is 0 Å². The molecule has 0 atom stereocenters. The van der Waals surface area contributed by atoms with E-state index >= 15 is 0 Å². The molecule has 1 aromatic heterocycles. The zero-order valence-electron chi connectivity index (χ0n) is 15.7. The number of amides is 1. The van der Waals surface area contributed by atoms with Crippen LogP contribution in [0.3, 0.4) is 0 Å². The number of nitrogens with one attached hydrogen (secondary N) is 1. The Morgan fingerprint density at radius 3 is 2.46 bits per heavy atom. The van der Waals surface area contributed by atoms with Gasteiger partial charge in [0.15, 0.2) is 0 Å². The van der Waals surface area contributed by atoms with Crippen molar-refractivity contribution >= 4 is 40.7 Å². The van der Waals surface area contributed by atoms with Gasteiger partial charge in [0.05, 0.1) is 12.8 Å². The molecule has 144 valence electrons. The van der Waals surface area contributed by atoms with Gasteiger partial charge in [-0.05, 0) is 30.7 Å². The number of methoxy groups -OCH3 is 1. The van der Waals surface area contributed by atoms with Crippen molar-refractivity contribution < 1.29 is 14.3 Å². The second-order valence-electron chi connectivity index (χ2n) is 6.17. The van der Waals surface area contributed by atoms with E-state index in [0.717, 1.165) is 15.3 Å². The van der Waals surface area contributed by atoms with Gasteiger partial charge in [-0.2, -0.15) is 0 Å². The summed E-state index contributed by atoms with van der Waals surface area (Å²) in [7, 11) is 1.34. The molecule has 0 radical (unpaired) electrons. The normalized spacial score (nSPS) is 10.5. The minimum absolute atomic E-state index is 0.123. The van der Waals surface area contributed by atoms with E-state index in [9.17, 15) is 9.59 Å². The summed E-state index contributed by atoms with van der Waals surface area (Å²) in [6.45, 7) is 2.05. The summed E-state index contributed by atoms with van der Waals surface area (Å²) in [5.41, 5.74) is 2.71. The van der Waals surface area contributed by atoms with Crippen molar-refractivity contribution in [3.63, 3.8) is 0 Å². The van der Waals surface area contributed by atoms with E-state index in [1.165, 1.54) is 24.0 Å². The number of anilines is 1. The molecule has 0 fully saturated rings.